The van der Waals surface area contributed by atoms with Crippen molar-refractivity contribution in [3.63, 3.8) is 0 Å². The largest absolute Gasteiger partial charge is 0.309 e. The SMILES string of the molecule is Fc1ccc(Cl)cc1CNCc1cccc(Br)c1. The highest BCUT2D eigenvalue weighted by molar-refractivity contribution is 9.10. The smallest absolute Gasteiger partial charge is 0.127 e. The van der Waals surface area contributed by atoms with Gasteiger partial charge in [0.2, 0.25) is 0 Å². The number of hydrogen-bond donors (Lipinski definition) is 1. The van der Waals surface area contributed by atoms with Crippen molar-refractivity contribution in [1.29, 1.82) is 0 Å². The van der Waals surface area contributed by atoms with Crippen LogP contribution in [0.2, 0.25) is 5.02 Å². The lowest BCUT2D eigenvalue weighted by Crippen LogP contribution is -2.13. The van der Waals surface area contributed by atoms with E-state index in [9.17, 15) is 4.39 Å². The summed E-state index contributed by atoms with van der Waals surface area (Å²) in [5.41, 5.74) is 1.73. The lowest BCUT2D eigenvalue weighted by Gasteiger charge is -2.07. The monoisotopic (exact) mass is 327 g/mol. The second-order valence-electron chi connectivity index (χ2n) is 3.97. The van der Waals surface area contributed by atoms with E-state index in [1.54, 1.807) is 12.1 Å². The van der Waals surface area contributed by atoms with Gasteiger partial charge in [0, 0.05) is 28.1 Å². The van der Waals surface area contributed by atoms with Gasteiger partial charge in [-0.25, -0.2) is 4.39 Å². The second kappa shape index (κ2) is 6.32. The van der Waals surface area contributed by atoms with Gasteiger partial charge < -0.3 is 5.32 Å². The molecule has 94 valence electrons. The Hall–Kier alpha value is -0.900. The number of hydrogen-bond acceptors (Lipinski definition) is 1. The van der Waals surface area contributed by atoms with Gasteiger partial charge in [0.1, 0.15) is 5.82 Å². The lowest BCUT2D eigenvalue weighted by atomic mass is 10.2. The molecule has 1 N–H and O–H groups in total. The summed E-state index contributed by atoms with van der Waals surface area (Å²) in [5, 5.41) is 3.75. The first kappa shape index (κ1) is 13.5. The van der Waals surface area contributed by atoms with Crippen molar-refractivity contribution in [3.8, 4) is 0 Å². The predicted molar refractivity (Wildman–Crippen MR) is 76.1 cm³/mol. The molecule has 0 fully saturated rings. The maximum Gasteiger partial charge on any atom is 0.127 e. The molecule has 18 heavy (non-hydrogen) atoms. The van der Waals surface area contributed by atoms with E-state index < -0.39 is 0 Å². The highest BCUT2D eigenvalue weighted by atomic mass is 79.9. The molecule has 0 aliphatic carbocycles. The summed E-state index contributed by atoms with van der Waals surface area (Å²) in [7, 11) is 0. The van der Waals surface area contributed by atoms with Crippen molar-refractivity contribution in [1.82, 2.24) is 5.32 Å². The van der Waals surface area contributed by atoms with Crippen LogP contribution in [0.1, 0.15) is 11.1 Å². The van der Waals surface area contributed by atoms with E-state index in [-0.39, 0.29) is 5.82 Å². The van der Waals surface area contributed by atoms with Gasteiger partial charge in [-0.05, 0) is 35.9 Å². The zero-order chi connectivity index (χ0) is 13.0. The minimum absolute atomic E-state index is 0.235. The van der Waals surface area contributed by atoms with Crippen molar-refractivity contribution < 1.29 is 4.39 Å². The van der Waals surface area contributed by atoms with E-state index in [0.717, 1.165) is 10.0 Å². The van der Waals surface area contributed by atoms with Crippen LogP contribution in [0, 0.1) is 5.82 Å². The van der Waals surface area contributed by atoms with E-state index in [1.165, 1.54) is 6.07 Å². The molecule has 2 aromatic rings. The first-order valence-corrected chi connectivity index (χ1v) is 6.71. The molecule has 0 amide bonds. The molecule has 0 atom stereocenters. The van der Waals surface area contributed by atoms with Gasteiger partial charge >= 0.3 is 0 Å². The van der Waals surface area contributed by atoms with Gasteiger partial charge in [0.25, 0.3) is 0 Å². The average Bonchev–Trinajstić information content (AvgIpc) is 2.34. The van der Waals surface area contributed by atoms with Gasteiger partial charge in [0.05, 0.1) is 0 Å². The zero-order valence-corrected chi connectivity index (χ0v) is 11.9. The Kier molecular flexibility index (Phi) is 4.75. The summed E-state index contributed by atoms with van der Waals surface area (Å²) in [6.45, 7) is 1.14. The molecule has 4 heteroatoms. The van der Waals surface area contributed by atoms with Crippen molar-refractivity contribution >= 4 is 27.5 Å². The minimum Gasteiger partial charge on any atom is -0.309 e. The summed E-state index contributed by atoms with van der Waals surface area (Å²) >= 11 is 9.25. The van der Waals surface area contributed by atoms with Crippen LogP contribution < -0.4 is 5.32 Å². The molecular formula is C14H12BrClFN. The Labute approximate surface area is 119 Å². The molecule has 0 radical (unpaired) electrons. The molecule has 2 aromatic carbocycles. The molecule has 1 nitrogen and oxygen atoms in total. The van der Waals surface area contributed by atoms with Crippen molar-refractivity contribution in [3.05, 3.63) is 68.9 Å². The summed E-state index contributed by atoms with van der Waals surface area (Å²) in [4.78, 5) is 0. The molecule has 0 aromatic heterocycles. The highest BCUT2D eigenvalue weighted by Gasteiger charge is 2.02. The molecule has 2 rings (SSSR count). The molecule has 0 spiro atoms. The standard InChI is InChI=1S/C14H12BrClFN/c15-12-3-1-2-10(6-12)8-18-9-11-7-13(16)4-5-14(11)17/h1-7,18H,8-9H2. The lowest BCUT2D eigenvalue weighted by molar-refractivity contribution is 0.588. The van der Waals surface area contributed by atoms with Crippen LogP contribution in [0.3, 0.4) is 0 Å². The molecular weight excluding hydrogens is 317 g/mol. The summed E-state index contributed by atoms with van der Waals surface area (Å²) < 4.78 is 14.5. The van der Waals surface area contributed by atoms with Crippen molar-refractivity contribution in [2.75, 3.05) is 0 Å². The van der Waals surface area contributed by atoms with Gasteiger partial charge in [-0.1, -0.05) is 39.7 Å². The third kappa shape index (κ3) is 3.80. The topological polar surface area (TPSA) is 12.0 Å². The van der Waals surface area contributed by atoms with Crippen LogP contribution in [-0.4, -0.2) is 0 Å². The maximum atomic E-state index is 13.5. The van der Waals surface area contributed by atoms with Crippen molar-refractivity contribution in [2.24, 2.45) is 0 Å². The van der Waals surface area contributed by atoms with Crippen LogP contribution in [0.15, 0.2) is 46.9 Å². The number of benzene rings is 2. The van der Waals surface area contributed by atoms with Gasteiger partial charge in [0.15, 0.2) is 0 Å². The van der Waals surface area contributed by atoms with Gasteiger partial charge in [-0.15, -0.1) is 0 Å². The molecule has 0 unspecified atom stereocenters. The normalized spacial score (nSPS) is 10.6. The number of halogens is 3. The summed E-state index contributed by atoms with van der Waals surface area (Å²) in [5.74, 6) is -0.235. The highest BCUT2D eigenvalue weighted by Crippen LogP contribution is 2.15. The van der Waals surface area contributed by atoms with Crippen LogP contribution in [0.5, 0.6) is 0 Å². The number of nitrogens with one attached hydrogen (secondary N) is 1. The van der Waals surface area contributed by atoms with E-state index in [1.807, 2.05) is 24.3 Å². The fourth-order valence-corrected chi connectivity index (χ4v) is 2.31. The Morgan fingerprint density at radius 3 is 2.72 bits per heavy atom. The molecule has 0 bridgehead atoms. The van der Waals surface area contributed by atoms with Crippen molar-refractivity contribution in [2.45, 2.75) is 13.1 Å². The average molecular weight is 329 g/mol. The fraction of sp³-hybridized carbons (Fsp3) is 0.143. The Bertz CT molecular complexity index is 545. The Balaban J connectivity index is 1.94. The van der Waals surface area contributed by atoms with E-state index in [4.69, 9.17) is 11.6 Å². The summed E-state index contributed by atoms with van der Waals surface area (Å²) in [6.07, 6.45) is 0. The Morgan fingerprint density at radius 1 is 1.11 bits per heavy atom. The number of rotatable bonds is 4. The quantitative estimate of drug-likeness (QED) is 0.869. The molecule has 0 saturated carbocycles. The summed E-state index contributed by atoms with van der Waals surface area (Å²) in [6, 6.07) is 12.6. The minimum atomic E-state index is -0.235. The Morgan fingerprint density at radius 2 is 1.94 bits per heavy atom. The van der Waals surface area contributed by atoms with Gasteiger partial charge in [-0.3, -0.25) is 0 Å². The van der Waals surface area contributed by atoms with Crippen LogP contribution >= 0.6 is 27.5 Å². The fourth-order valence-electron chi connectivity index (χ4n) is 1.67. The van der Waals surface area contributed by atoms with Gasteiger partial charge in [-0.2, -0.15) is 0 Å². The van der Waals surface area contributed by atoms with Crippen LogP contribution in [0.4, 0.5) is 4.39 Å². The van der Waals surface area contributed by atoms with E-state index >= 15 is 0 Å². The second-order valence-corrected chi connectivity index (χ2v) is 5.32. The van der Waals surface area contributed by atoms with E-state index in [2.05, 4.69) is 21.2 Å². The molecule has 0 saturated heterocycles. The maximum absolute atomic E-state index is 13.5. The van der Waals surface area contributed by atoms with E-state index in [0.29, 0.717) is 23.7 Å². The zero-order valence-electron chi connectivity index (χ0n) is 9.59. The van der Waals surface area contributed by atoms with Crippen LogP contribution in [0.25, 0.3) is 0 Å². The third-order valence-electron chi connectivity index (χ3n) is 2.54. The predicted octanol–water partition coefficient (Wildman–Crippen LogP) is 4.53. The first-order chi connectivity index (χ1) is 8.65. The van der Waals surface area contributed by atoms with Crippen LogP contribution in [-0.2, 0) is 13.1 Å². The third-order valence-corrected chi connectivity index (χ3v) is 3.27. The molecule has 0 aliphatic heterocycles. The molecule has 0 aliphatic rings. The molecule has 0 heterocycles. The first-order valence-electron chi connectivity index (χ1n) is 5.54.